The van der Waals surface area contributed by atoms with Gasteiger partial charge < -0.3 is 4.74 Å². The SMILES string of the molecule is CC1(C)c2ccccc2[C@@H]2OC(c3ccccc3P(c3ccccc3)c3ccccc3)=N[C@@H]21. The molecule has 2 nitrogen and oxygen atoms in total. The first-order valence-corrected chi connectivity index (χ1v) is 12.8. The van der Waals surface area contributed by atoms with E-state index >= 15 is 0 Å². The number of aliphatic imine (C=N–C) groups is 1. The third-order valence-electron chi connectivity index (χ3n) is 6.89. The molecule has 6 rings (SSSR count). The lowest BCUT2D eigenvalue weighted by Crippen LogP contribution is -2.28. The summed E-state index contributed by atoms with van der Waals surface area (Å²) in [5, 5.41) is 3.95. The van der Waals surface area contributed by atoms with Crippen molar-refractivity contribution in [2.45, 2.75) is 31.4 Å². The van der Waals surface area contributed by atoms with E-state index in [4.69, 9.17) is 9.73 Å². The summed E-state index contributed by atoms with van der Waals surface area (Å²) in [6, 6.07) is 39.0. The summed E-state index contributed by atoms with van der Waals surface area (Å²) in [5.74, 6) is 0.780. The minimum Gasteiger partial charge on any atom is -0.467 e. The van der Waals surface area contributed by atoms with Crippen molar-refractivity contribution in [1.82, 2.24) is 0 Å². The Morgan fingerprint density at radius 2 is 1.27 bits per heavy atom. The highest BCUT2D eigenvalue weighted by Gasteiger charge is 2.51. The second-order valence-corrected chi connectivity index (χ2v) is 11.4. The third kappa shape index (κ3) is 3.33. The Bertz CT molecular complexity index is 1290. The molecule has 0 radical (unpaired) electrons. The molecule has 0 amide bonds. The fourth-order valence-electron chi connectivity index (χ4n) is 5.24. The van der Waals surface area contributed by atoms with Crippen molar-refractivity contribution in [1.29, 1.82) is 0 Å². The summed E-state index contributed by atoms with van der Waals surface area (Å²) >= 11 is 0. The monoisotopic (exact) mass is 447 g/mol. The number of benzene rings is 4. The van der Waals surface area contributed by atoms with Crippen molar-refractivity contribution in [3.63, 3.8) is 0 Å². The van der Waals surface area contributed by atoms with E-state index in [2.05, 4.69) is 123 Å². The fraction of sp³-hybridized carbons (Fsp3) is 0.167. The fourth-order valence-corrected chi connectivity index (χ4v) is 7.68. The molecular weight excluding hydrogens is 421 g/mol. The molecule has 33 heavy (non-hydrogen) atoms. The van der Waals surface area contributed by atoms with Gasteiger partial charge in [0.15, 0.2) is 0 Å². The number of fused-ring (bicyclic) bond motifs is 3. The molecular formula is C30H26NOP. The molecule has 2 atom stereocenters. The van der Waals surface area contributed by atoms with E-state index in [1.54, 1.807) is 0 Å². The molecule has 4 aromatic rings. The maximum Gasteiger partial charge on any atom is 0.217 e. The first-order valence-electron chi connectivity index (χ1n) is 11.5. The number of hydrogen-bond donors (Lipinski definition) is 0. The van der Waals surface area contributed by atoms with Crippen molar-refractivity contribution in [3.05, 3.63) is 126 Å². The predicted molar refractivity (Wildman–Crippen MR) is 139 cm³/mol. The highest BCUT2D eigenvalue weighted by atomic mass is 31.1. The molecule has 0 saturated heterocycles. The van der Waals surface area contributed by atoms with Gasteiger partial charge >= 0.3 is 0 Å². The average Bonchev–Trinajstić information content (AvgIpc) is 3.40. The molecule has 1 aliphatic heterocycles. The van der Waals surface area contributed by atoms with Gasteiger partial charge in [0.25, 0.3) is 0 Å². The average molecular weight is 448 g/mol. The molecule has 0 fully saturated rings. The van der Waals surface area contributed by atoms with E-state index in [0.29, 0.717) is 0 Å². The molecule has 3 heteroatoms. The second-order valence-electron chi connectivity index (χ2n) is 9.25. The number of nitrogens with zero attached hydrogens (tertiary/aromatic N) is 1. The van der Waals surface area contributed by atoms with E-state index in [1.807, 2.05) is 0 Å². The molecule has 0 saturated carbocycles. The smallest absolute Gasteiger partial charge is 0.217 e. The van der Waals surface area contributed by atoms with Crippen LogP contribution in [0.5, 0.6) is 0 Å². The van der Waals surface area contributed by atoms with E-state index in [9.17, 15) is 0 Å². The molecule has 2 aliphatic rings. The molecule has 0 bridgehead atoms. The molecule has 162 valence electrons. The quantitative estimate of drug-likeness (QED) is 0.372. The molecule has 0 aromatic heterocycles. The van der Waals surface area contributed by atoms with Crippen LogP contribution in [0.2, 0.25) is 0 Å². The van der Waals surface area contributed by atoms with Crippen molar-refractivity contribution >= 4 is 29.7 Å². The van der Waals surface area contributed by atoms with Gasteiger partial charge in [0.1, 0.15) is 12.1 Å². The Labute approximate surface area is 196 Å². The highest BCUT2D eigenvalue weighted by Crippen LogP contribution is 2.51. The first-order chi connectivity index (χ1) is 16.1. The minimum atomic E-state index is -0.735. The highest BCUT2D eigenvalue weighted by molar-refractivity contribution is 7.80. The molecule has 0 N–H and O–H groups in total. The van der Waals surface area contributed by atoms with Crippen LogP contribution in [-0.4, -0.2) is 11.9 Å². The van der Waals surface area contributed by atoms with Crippen LogP contribution in [0, 0.1) is 0 Å². The number of hydrogen-bond acceptors (Lipinski definition) is 2. The Morgan fingerprint density at radius 3 is 1.97 bits per heavy atom. The van der Waals surface area contributed by atoms with Gasteiger partial charge in [-0.3, -0.25) is 0 Å². The molecule has 1 aliphatic carbocycles. The third-order valence-corrected chi connectivity index (χ3v) is 9.39. The molecule has 4 aromatic carbocycles. The maximum absolute atomic E-state index is 6.66. The summed E-state index contributed by atoms with van der Waals surface area (Å²) in [4.78, 5) is 5.22. The van der Waals surface area contributed by atoms with Crippen molar-refractivity contribution in [2.75, 3.05) is 0 Å². The lowest BCUT2D eigenvalue weighted by Gasteiger charge is -2.23. The summed E-state index contributed by atoms with van der Waals surface area (Å²) in [6.07, 6.45) is -0.0149. The van der Waals surface area contributed by atoms with E-state index in [0.717, 1.165) is 11.5 Å². The standard InChI is InChI=1S/C30H26NOP/c1-30(2)25-19-11-9-17-23(25)27-28(30)31-29(32-27)24-18-10-12-20-26(24)33(21-13-5-3-6-14-21)22-15-7-4-8-16-22/h3-20,27-28H,1-2H3/t27-,28-/m0/s1. The van der Waals surface area contributed by atoms with Crippen molar-refractivity contribution in [3.8, 4) is 0 Å². The van der Waals surface area contributed by atoms with Gasteiger partial charge in [0, 0.05) is 11.0 Å². The van der Waals surface area contributed by atoms with E-state index in [1.165, 1.54) is 27.0 Å². The van der Waals surface area contributed by atoms with Crippen LogP contribution in [-0.2, 0) is 10.2 Å². The van der Waals surface area contributed by atoms with E-state index in [-0.39, 0.29) is 17.6 Å². The summed E-state index contributed by atoms with van der Waals surface area (Å²) < 4.78 is 6.66. The van der Waals surface area contributed by atoms with Crippen LogP contribution in [0.15, 0.2) is 114 Å². The Morgan fingerprint density at radius 1 is 0.697 bits per heavy atom. The first kappa shape index (κ1) is 20.4. The second kappa shape index (κ2) is 7.97. The van der Waals surface area contributed by atoms with Gasteiger partial charge in [-0.05, 0) is 41.0 Å². The molecule has 0 unspecified atom stereocenters. The Balaban J connectivity index is 1.47. The minimum absolute atomic E-state index is 0.0149. The number of rotatable bonds is 4. The van der Waals surface area contributed by atoms with Gasteiger partial charge in [-0.1, -0.05) is 117 Å². The summed E-state index contributed by atoms with van der Waals surface area (Å²) in [6.45, 7) is 4.58. The normalized spacial score (nSPS) is 20.2. The lowest BCUT2D eigenvalue weighted by molar-refractivity contribution is 0.186. The van der Waals surface area contributed by atoms with Crippen molar-refractivity contribution in [2.24, 2.45) is 4.99 Å². The van der Waals surface area contributed by atoms with Crippen LogP contribution < -0.4 is 15.9 Å². The Hall–Kier alpha value is -3.22. The van der Waals surface area contributed by atoms with Crippen LogP contribution in [0.4, 0.5) is 0 Å². The summed E-state index contributed by atoms with van der Waals surface area (Å²) in [5.41, 5.74) is 3.68. The molecule has 0 spiro atoms. The zero-order valence-corrected chi connectivity index (χ0v) is 19.7. The maximum atomic E-state index is 6.66. The van der Waals surface area contributed by atoms with Crippen LogP contribution in [0.25, 0.3) is 0 Å². The van der Waals surface area contributed by atoms with Gasteiger partial charge in [-0.25, -0.2) is 4.99 Å². The van der Waals surface area contributed by atoms with Crippen LogP contribution in [0.3, 0.4) is 0 Å². The zero-order chi connectivity index (χ0) is 22.4. The van der Waals surface area contributed by atoms with Gasteiger partial charge in [-0.15, -0.1) is 0 Å². The largest absolute Gasteiger partial charge is 0.467 e. The zero-order valence-electron chi connectivity index (χ0n) is 18.8. The van der Waals surface area contributed by atoms with Crippen LogP contribution >= 0.6 is 7.92 Å². The van der Waals surface area contributed by atoms with Crippen molar-refractivity contribution < 1.29 is 4.74 Å². The molecule has 1 heterocycles. The number of ether oxygens (including phenoxy) is 1. The van der Waals surface area contributed by atoms with Gasteiger partial charge in [0.2, 0.25) is 5.90 Å². The lowest BCUT2D eigenvalue weighted by atomic mass is 9.83. The summed E-state index contributed by atoms with van der Waals surface area (Å²) in [7, 11) is -0.735. The predicted octanol–water partition coefficient (Wildman–Crippen LogP) is 5.62. The Kier molecular flexibility index (Phi) is 4.93. The van der Waals surface area contributed by atoms with E-state index < -0.39 is 7.92 Å². The van der Waals surface area contributed by atoms with Gasteiger partial charge in [-0.2, -0.15) is 0 Å². The van der Waals surface area contributed by atoms with Crippen LogP contribution in [0.1, 0.15) is 36.6 Å². The topological polar surface area (TPSA) is 21.6 Å². The van der Waals surface area contributed by atoms with Gasteiger partial charge in [0.05, 0.1) is 0 Å².